The Labute approximate surface area is 195 Å². The summed E-state index contributed by atoms with van der Waals surface area (Å²) in [5.41, 5.74) is 8.42. The van der Waals surface area contributed by atoms with Crippen LogP contribution in [-0.2, 0) is 16.1 Å². The number of anilines is 1. The van der Waals surface area contributed by atoms with Gasteiger partial charge in [-0.05, 0) is 30.0 Å². The van der Waals surface area contributed by atoms with Crippen LogP contribution in [0, 0.1) is 5.92 Å². The number of nitrogens with two attached hydrogens (primary N) is 1. The van der Waals surface area contributed by atoms with Crippen LogP contribution in [-0.4, -0.2) is 71.4 Å². The molecular weight excluding hydrogens is 416 g/mol. The van der Waals surface area contributed by atoms with Crippen LogP contribution in [0.3, 0.4) is 0 Å². The molecule has 2 aromatic rings. The van der Waals surface area contributed by atoms with Crippen LogP contribution in [0.5, 0.6) is 0 Å². The van der Waals surface area contributed by atoms with Gasteiger partial charge in [0.05, 0.1) is 6.54 Å². The van der Waals surface area contributed by atoms with Gasteiger partial charge in [-0.25, -0.2) is 9.97 Å². The van der Waals surface area contributed by atoms with E-state index in [0.29, 0.717) is 18.4 Å². The van der Waals surface area contributed by atoms with Gasteiger partial charge >= 0.3 is 0 Å². The van der Waals surface area contributed by atoms with Crippen molar-refractivity contribution < 1.29 is 9.59 Å². The summed E-state index contributed by atoms with van der Waals surface area (Å²) in [5, 5.41) is 0. The highest BCUT2D eigenvalue weighted by atomic mass is 16.2. The van der Waals surface area contributed by atoms with E-state index in [4.69, 9.17) is 5.73 Å². The summed E-state index contributed by atoms with van der Waals surface area (Å²) in [6.07, 6.45) is 9.41. The molecule has 1 aromatic heterocycles. The fraction of sp³-hybridized carbons (Fsp3) is 0.520. The molecule has 0 radical (unpaired) electrons. The monoisotopic (exact) mass is 450 g/mol. The van der Waals surface area contributed by atoms with Crippen LogP contribution in [0.4, 0.5) is 5.95 Å². The van der Waals surface area contributed by atoms with E-state index in [0.717, 1.165) is 55.7 Å². The number of aromatic nitrogens is 2. The van der Waals surface area contributed by atoms with E-state index in [9.17, 15) is 9.59 Å². The standard InChI is InChI=1S/C25H34N6O2/c1-29(23(32)15-26)18-19-6-5-9-21(14-19)22-16-27-25(28-17-22)31-12-10-30(11-13-31)24(33)20-7-3-2-4-8-20/h5-6,9,14,16-17,20H,2-4,7-8,10-13,15,18,26H2,1H3. The van der Waals surface area contributed by atoms with Crippen LogP contribution in [0.2, 0.25) is 0 Å². The molecule has 1 aromatic carbocycles. The number of rotatable bonds is 6. The molecule has 1 aliphatic heterocycles. The van der Waals surface area contributed by atoms with Crippen molar-refractivity contribution in [1.29, 1.82) is 0 Å². The second-order valence-corrected chi connectivity index (χ2v) is 9.07. The molecule has 0 spiro atoms. The Morgan fingerprint density at radius 2 is 1.73 bits per heavy atom. The largest absolute Gasteiger partial charge is 0.340 e. The zero-order valence-corrected chi connectivity index (χ0v) is 19.4. The van der Waals surface area contributed by atoms with E-state index < -0.39 is 0 Å². The molecule has 8 heteroatoms. The van der Waals surface area contributed by atoms with E-state index in [2.05, 4.69) is 14.9 Å². The molecule has 8 nitrogen and oxygen atoms in total. The summed E-state index contributed by atoms with van der Waals surface area (Å²) < 4.78 is 0. The van der Waals surface area contributed by atoms with E-state index in [1.807, 2.05) is 41.6 Å². The Morgan fingerprint density at radius 3 is 2.39 bits per heavy atom. The molecule has 1 aliphatic carbocycles. The first kappa shape index (κ1) is 23.2. The van der Waals surface area contributed by atoms with Gasteiger partial charge in [0.1, 0.15) is 0 Å². The van der Waals surface area contributed by atoms with E-state index in [1.165, 1.54) is 19.3 Å². The van der Waals surface area contributed by atoms with Crippen molar-refractivity contribution in [1.82, 2.24) is 19.8 Å². The lowest BCUT2D eigenvalue weighted by molar-refractivity contribution is -0.136. The van der Waals surface area contributed by atoms with Crippen LogP contribution in [0.25, 0.3) is 11.1 Å². The fourth-order valence-electron chi connectivity index (χ4n) is 4.74. The van der Waals surface area contributed by atoms with Crippen LogP contribution < -0.4 is 10.6 Å². The molecule has 33 heavy (non-hydrogen) atoms. The second-order valence-electron chi connectivity index (χ2n) is 9.07. The minimum atomic E-state index is -0.0892. The van der Waals surface area contributed by atoms with Crippen molar-refractivity contribution in [2.45, 2.75) is 38.6 Å². The minimum Gasteiger partial charge on any atom is -0.340 e. The fourth-order valence-corrected chi connectivity index (χ4v) is 4.74. The smallest absolute Gasteiger partial charge is 0.236 e. The number of piperazine rings is 1. The Bertz CT molecular complexity index is 950. The summed E-state index contributed by atoms with van der Waals surface area (Å²) in [7, 11) is 1.75. The molecule has 0 bridgehead atoms. The average molecular weight is 451 g/mol. The lowest BCUT2D eigenvalue weighted by Crippen LogP contribution is -2.51. The predicted molar refractivity (Wildman–Crippen MR) is 128 cm³/mol. The van der Waals surface area contributed by atoms with Gasteiger partial charge in [0.25, 0.3) is 0 Å². The number of carbonyl (C=O) groups excluding carboxylic acids is 2. The molecule has 1 saturated heterocycles. The number of hydrogen-bond acceptors (Lipinski definition) is 6. The number of nitrogens with zero attached hydrogens (tertiary/aromatic N) is 5. The van der Waals surface area contributed by atoms with Gasteiger partial charge in [-0.2, -0.15) is 0 Å². The number of carbonyl (C=O) groups is 2. The minimum absolute atomic E-state index is 0.00843. The second kappa shape index (κ2) is 10.7. The van der Waals surface area contributed by atoms with Crippen molar-refractivity contribution in [3.63, 3.8) is 0 Å². The third-order valence-corrected chi connectivity index (χ3v) is 6.75. The van der Waals surface area contributed by atoms with Crippen molar-refractivity contribution in [2.24, 2.45) is 11.7 Å². The normalized spacial score (nSPS) is 17.2. The van der Waals surface area contributed by atoms with Crippen molar-refractivity contribution in [3.05, 3.63) is 42.2 Å². The van der Waals surface area contributed by atoms with Gasteiger partial charge in [-0.3, -0.25) is 9.59 Å². The molecular formula is C25H34N6O2. The van der Waals surface area contributed by atoms with Crippen molar-refractivity contribution >= 4 is 17.8 Å². The lowest BCUT2D eigenvalue weighted by Gasteiger charge is -2.37. The molecule has 1 saturated carbocycles. The maximum absolute atomic E-state index is 12.8. The number of likely N-dealkylation sites (N-methyl/N-ethyl adjacent to an activating group) is 1. The van der Waals surface area contributed by atoms with Crippen LogP contribution in [0.1, 0.15) is 37.7 Å². The molecule has 0 unspecified atom stereocenters. The van der Waals surface area contributed by atoms with E-state index in [1.54, 1.807) is 11.9 Å². The molecule has 2 fully saturated rings. The molecule has 2 amide bonds. The molecule has 4 rings (SSSR count). The quantitative estimate of drug-likeness (QED) is 0.726. The molecule has 2 aliphatic rings. The van der Waals surface area contributed by atoms with Crippen LogP contribution in [0.15, 0.2) is 36.7 Å². The van der Waals surface area contributed by atoms with E-state index in [-0.39, 0.29) is 18.4 Å². The summed E-state index contributed by atoms with van der Waals surface area (Å²) >= 11 is 0. The first-order chi connectivity index (χ1) is 16.0. The Morgan fingerprint density at radius 1 is 1.03 bits per heavy atom. The molecule has 0 atom stereocenters. The number of hydrogen-bond donors (Lipinski definition) is 1. The average Bonchev–Trinajstić information content (AvgIpc) is 2.88. The lowest BCUT2D eigenvalue weighted by atomic mass is 9.88. The van der Waals surface area contributed by atoms with Gasteiger partial charge in [0, 0.05) is 63.6 Å². The summed E-state index contributed by atoms with van der Waals surface area (Å²) in [6.45, 7) is 3.50. The van der Waals surface area contributed by atoms with Gasteiger partial charge in [-0.15, -0.1) is 0 Å². The third kappa shape index (κ3) is 5.68. The molecule has 176 valence electrons. The summed E-state index contributed by atoms with van der Waals surface area (Å²) in [5.74, 6) is 1.18. The summed E-state index contributed by atoms with van der Waals surface area (Å²) in [4.78, 5) is 39.5. The van der Waals surface area contributed by atoms with Gasteiger partial charge in [0.2, 0.25) is 17.8 Å². The highest BCUT2D eigenvalue weighted by molar-refractivity contribution is 5.79. The first-order valence-electron chi connectivity index (χ1n) is 11.9. The Hall–Kier alpha value is -3.00. The first-order valence-corrected chi connectivity index (χ1v) is 11.9. The van der Waals surface area contributed by atoms with Crippen LogP contribution >= 0.6 is 0 Å². The zero-order chi connectivity index (χ0) is 23.2. The SMILES string of the molecule is CN(Cc1cccc(-c2cnc(N3CCN(C(=O)C4CCCCC4)CC3)nc2)c1)C(=O)CN. The Kier molecular flexibility index (Phi) is 7.54. The third-order valence-electron chi connectivity index (χ3n) is 6.75. The van der Waals surface area contributed by atoms with Gasteiger partial charge in [0.15, 0.2) is 0 Å². The van der Waals surface area contributed by atoms with Gasteiger partial charge in [-0.1, -0.05) is 37.5 Å². The topological polar surface area (TPSA) is 95.7 Å². The summed E-state index contributed by atoms with van der Waals surface area (Å²) in [6, 6.07) is 8.03. The van der Waals surface area contributed by atoms with E-state index >= 15 is 0 Å². The maximum atomic E-state index is 12.8. The highest BCUT2D eigenvalue weighted by Crippen LogP contribution is 2.26. The predicted octanol–water partition coefficient (Wildman–Crippen LogP) is 2.29. The molecule has 2 N–H and O–H groups in total. The number of benzene rings is 1. The highest BCUT2D eigenvalue weighted by Gasteiger charge is 2.29. The zero-order valence-electron chi connectivity index (χ0n) is 19.4. The Balaban J connectivity index is 1.35. The number of amides is 2. The van der Waals surface area contributed by atoms with Gasteiger partial charge < -0.3 is 20.4 Å². The van der Waals surface area contributed by atoms with Crippen molar-refractivity contribution in [3.8, 4) is 11.1 Å². The van der Waals surface area contributed by atoms with Crippen molar-refractivity contribution in [2.75, 3.05) is 44.7 Å². The maximum Gasteiger partial charge on any atom is 0.236 e. The molecule has 2 heterocycles.